The monoisotopic (exact) mass is 699 g/mol. The van der Waals surface area contributed by atoms with E-state index < -0.39 is 34.1 Å². The van der Waals surface area contributed by atoms with Crippen LogP contribution in [0.15, 0.2) is 51.9 Å². The molecule has 2 heterocycles. The second kappa shape index (κ2) is 16.6. The number of sulfonamides is 1. The number of fused-ring (bicyclic) bond motifs is 1. The molecule has 14 heteroatoms. The molecule has 0 unspecified atom stereocenters. The van der Waals surface area contributed by atoms with E-state index in [0.717, 1.165) is 18.4 Å². The number of rotatable bonds is 8. The molecule has 0 bridgehead atoms. The van der Waals surface area contributed by atoms with Crippen molar-refractivity contribution < 1.29 is 37.1 Å². The average molecular weight is 700 g/mol. The van der Waals surface area contributed by atoms with Crippen LogP contribution in [0.25, 0.3) is 0 Å². The van der Waals surface area contributed by atoms with E-state index in [1.807, 2.05) is 20.8 Å². The molecule has 13 nitrogen and oxygen atoms in total. The van der Waals surface area contributed by atoms with Crippen LogP contribution in [0, 0.1) is 26.7 Å². The van der Waals surface area contributed by atoms with Crippen molar-refractivity contribution in [1.29, 1.82) is 0 Å². The van der Waals surface area contributed by atoms with E-state index in [-0.39, 0.29) is 42.2 Å². The molecule has 0 radical (unpaired) electrons. The van der Waals surface area contributed by atoms with Gasteiger partial charge in [-0.1, -0.05) is 29.8 Å². The number of hydrogen-bond acceptors (Lipinski definition) is 9. The summed E-state index contributed by atoms with van der Waals surface area (Å²) in [5.41, 5.74) is 2.50. The quantitative estimate of drug-likeness (QED) is 0.281. The molecule has 0 aliphatic carbocycles. The van der Waals surface area contributed by atoms with E-state index in [9.17, 15) is 23.1 Å². The van der Waals surface area contributed by atoms with Crippen LogP contribution in [0.5, 0.6) is 5.75 Å². The lowest BCUT2D eigenvalue weighted by Gasteiger charge is -2.35. The molecule has 0 saturated carbocycles. The molecular formula is C35H49N5O8S. The Morgan fingerprint density at radius 2 is 1.82 bits per heavy atom. The third-order valence-electron chi connectivity index (χ3n) is 8.75. The number of aliphatic hydroxyl groups excluding tert-OH is 1. The molecule has 2 aromatic carbocycles. The maximum absolute atomic E-state index is 14.4. The van der Waals surface area contributed by atoms with Gasteiger partial charge in [0, 0.05) is 38.3 Å². The number of anilines is 2. The second-order valence-electron chi connectivity index (χ2n) is 12.9. The number of likely N-dealkylation sites (N-methyl/N-ethyl adjacent to an activating group) is 1. The molecule has 49 heavy (non-hydrogen) atoms. The van der Waals surface area contributed by atoms with E-state index in [1.54, 1.807) is 68.1 Å². The summed E-state index contributed by atoms with van der Waals surface area (Å²) >= 11 is 0. The Bertz CT molecular complexity index is 1670. The van der Waals surface area contributed by atoms with Crippen LogP contribution in [0.3, 0.4) is 0 Å². The SMILES string of the molecule is Cc1ccc(S(=O)(=O)N(C)C[C@H]2OCCCC[C@@H](C)Oc3ccc(NC(=O)Nc4c(C)noc4C)cc3C(=O)N([C@H](C)CO)C[C@H]2C)cc1. The highest BCUT2D eigenvalue weighted by Gasteiger charge is 2.32. The van der Waals surface area contributed by atoms with Crippen LogP contribution in [-0.2, 0) is 14.8 Å². The van der Waals surface area contributed by atoms with Gasteiger partial charge in [-0.05, 0) is 84.2 Å². The van der Waals surface area contributed by atoms with E-state index >= 15 is 0 Å². The standard InChI is InChI=1S/C35H49N5O8S/c1-22-11-14-29(15-12-22)49(44,45)39(7)20-32-23(2)19-40(24(3)21-41)34(42)30-18-28(36-35(43)37-33-26(5)38-48-27(33)6)13-16-31(30)47-25(4)10-8-9-17-46-32/h11-16,18,23-25,32,41H,8-10,17,19-21H2,1-7H3,(H2,36,37,43)/t23-,24-,25-,32-/m1/s1. The Kier molecular flexibility index (Phi) is 12.8. The molecule has 0 spiro atoms. The van der Waals surface area contributed by atoms with Crippen molar-refractivity contribution in [3.63, 3.8) is 0 Å². The van der Waals surface area contributed by atoms with Crippen LogP contribution >= 0.6 is 0 Å². The van der Waals surface area contributed by atoms with Crippen molar-refractivity contribution in [1.82, 2.24) is 14.4 Å². The van der Waals surface area contributed by atoms with E-state index in [0.29, 0.717) is 41.6 Å². The Morgan fingerprint density at radius 1 is 1.10 bits per heavy atom. The van der Waals surface area contributed by atoms with Crippen molar-refractivity contribution in [2.75, 3.05) is 44.0 Å². The largest absolute Gasteiger partial charge is 0.490 e. The Hall–Kier alpha value is -3.98. The summed E-state index contributed by atoms with van der Waals surface area (Å²) in [5, 5.41) is 19.6. The maximum Gasteiger partial charge on any atom is 0.323 e. The van der Waals surface area contributed by atoms with Crippen LogP contribution in [0.2, 0.25) is 0 Å². The number of carbonyl (C=O) groups excluding carboxylic acids is 2. The van der Waals surface area contributed by atoms with Crippen molar-refractivity contribution in [2.45, 2.75) is 84.0 Å². The molecule has 3 amide bonds. The lowest BCUT2D eigenvalue weighted by atomic mass is 10.0. The predicted molar refractivity (Wildman–Crippen MR) is 186 cm³/mol. The van der Waals surface area contributed by atoms with Crippen molar-refractivity contribution >= 4 is 33.3 Å². The topological polar surface area (TPSA) is 164 Å². The highest BCUT2D eigenvalue weighted by molar-refractivity contribution is 7.89. The molecular weight excluding hydrogens is 650 g/mol. The zero-order valence-electron chi connectivity index (χ0n) is 29.4. The third-order valence-corrected chi connectivity index (χ3v) is 10.6. The number of carbonyl (C=O) groups is 2. The summed E-state index contributed by atoms with van der Waals surface area (Å²) in [6.45, 7) is 11.2. The summed E-state index contributed by atoms with van der Waals surface area (Å²) in [4.78, 5) is 29.0. The average Bonchev–Trinajstić information content (AvgIpc) is 3.38. The minimum Gasteiger partial charge on any atom is -0.490 e. The number of hydrogen-bond donors (Lipinski definition) is 3. The number of ether oxygens (including phenoxy) is 2. The zero-order valence-corrected chi connectivity index (χ0v) is 30.2. The molecule has 3 N–H and O–H groups in total. The lowest BCUT2D eigenvalue weighted by Crippen LogP contribution is -2.48. The van der Waals surface area contributed by atoms with Crippen LogP contribution in [0.4, 0.5) is 16.2 Å². The number of aryl methyl sites for hydroxylation is 3. The van der Waals surface area contributed by atoms with E-state index in [2.05, 4.69) is 15.8 Å². The highest BCUT2D eigenvalue weighted by atomic mass is 32.2. The fraction of sp³-hybridized carbons (Fsp3) is 0.514. The summed E-state index contributed by atoms with van der Waals surface area (Å²) in [7, 11) is -2.27. The predicted octanol–water partition coefficient (Wildman–Crippen LogP) is 5.36. The first-order valence-electron chi connectivity index (χ1n) is 16.6. The Morgan fingerprint density at radius 3 is 2.47 bits per heavy atom. The minimum absolute atomic E-state index is 0.0668. The number of nitrogens with zero attached hydrogens (tertiary/aromatic N) is 3. The van der Waals surface area contributed by atoms with Gasteiger partial charge < -0.3 is 34.6 Å². The van der Waals surface area contributed by atoms with Crippen LogP contribution in [-0.4, -0.2) is 91.4 Å². The summed E-state index contributed by atoms with van der Waals surface area (Å²) in [6.07, 6.45) is 1.42. The van der Waals surface area contributed by atoms with Gasteiger partial charge in [-0.2, -0.15) is 4.31 Å². The van der Waals surface area contributed by atoms with Crippen molar-refractivity contribution in [3.05, 3.63) is 65.0 Å². The number of amides is 3. The smallest absolute Gasteiger partial charge is 0.323 e. The summed E-state index contributed by atoms with van der Waals surface area (Å²) in [5.74, 6) is 0.0629. The van der Waals surface area contributed by atoms with Crippen molar-refractivity contribution in [3.8, 4) is 5.75 Å². The number of benzene rings is 2. The third kappa shape index (κ3) is 9.59. The molecule has 3 aromatic rings. The van der Waals surface area contributed by atoms with E-state index in [1.165, 1.54) is 11.4 Å². The molecule has 1 aromatic heterocycles. The summed E-state index contributed by atoms with van der Waals surface area (Å²) < 4.78 is 46.0. The first kappa shape index (κ1) is 37.8. The molecule has 4 atom stereocenters. The Labute approximate surface area is 289 Å². The number of aromatic nitrogens is 1. The highest BCUT2D eigenvalue weighted by Crippen LogP contribution is 2.29. The van der Waals surface area contributed by atoms with Crippen molar-refractivity contribution in [2.24, 2.45) is 5.92 Å². The first-order valence-corrected chi connectivity index (χ1v) is 18.0. The lowest BCUT2D eigenvalue weighted by molar-refractivity contribution is -0.00833. The van der Waals surface area contributed by atoms with Crippen LogP contribution < -0.4 is 15.4 Å². The van der Waals surface area contributed by atoms with Gasteiger partial charge in [0.25, 0.3) is 5.91 Å². The fourth-order valence-electron chi connectivity index (χ4n) is 5.64. The number of aliphatic hydroxyl groups is 1. The molecule has 268 valence electrons. The van der Waals surface area contributed by atoms with Gasteiger partial charge in [0.05, 0.1) is 35.3 Å². The van der Waals surface area contributed by atoms with Gasteiger partial charge in [0.1, 0.15) is 17.1 Å². The van der Waals surface area contributed by atoms with Crippen LogP contribution in [0.1, 0.15) is 67.4 Å². The molecule has 1 aliphatic rings. The zero-order chi connectivity index (χ0) is 35.9. The second-order valence-corrected chi connectivity index (χ2v) is 14.9. The van der Waals surface area contributed by atoms with E-state index in [4.69, 9.17) is 14.0 Å². The van der Waals surface area contributed by atoms with Gasteiger partial charge >= 0.3 is 6.03 Å². The summed E-state index contributed by atoms with van der Waals surface area (Å²) in [6, 6.07) is 10.4. The fourth-order valence-corrected chi connectivity index (χ4v) is 6.83. The molecule has 0 fully saturated rings. The molecule has 1 aliphatic heterocycles. The van der Waals surface area contributed by atoms with Gasteiger partial charge in [-0.25, -0.2) is 13.2 Å². The van der Waals surface area contributed by atoms with Gasteiger partial charge in [0.15, 0.2) is 5.76 Å². The van der Waals surface area contributed by atoms with Gasteiger partial charge in [0.2, 0.25) is 10.0 Å². The van der Waals surface area contributed by atoms with Gasteiger partial charge in [-0.15, -0.1) is 0 Å². The van der Waals surface area contributed by atoms with Gasteiger partial charge in [-0.3, -0.25) is 4.79 Å². The minimum atomic E-state index is -3.80. The molecule has 0 saturated heterocycles. The number of nitrogens with one attached hydrogen (secondary N) is 2. The maximum atomic E-state index is 14.4. The normalized spacial score (nSPS) is 20.2. The number of urea groups is 1. The Balaban J connectivity index is 1.63. The molecule has 4 rings (SSSR count). The first-order chi connectivity index (χ1) is 23.2.